The number of nitrogens with zero attached hydrogens (tertiary/aromatic N) is 5. The lowest BCUT2D eigenvalue weighted by molar-refractivity contribution is 0.0947. The van der Waals surface area contributed by atoms with Crippen LogP contribution < -0.4 is 5.32 Å². The van der Waals surface area contributed by atoms with E-state index in [0.717, 1.165) is 33.7 Å². The standard InChI is InChI=1S/C24H26N6OS2/c1-16(2)8-13-26-23(31)20-14-32-21(27-20)15-33-24-29-28-22(18-9-11-25-12-10-18)30(24)19-6-4-17(3)5-7-19/h4-7,9-12,14,16H,8,13,15H2,1-3H3,(H,26,31). The lowest BCUT2D eigenvalue weighted by Crippen LogP contribution is -2.25. The van der Waals surface area contributed by atoms with Crippen molar-refractivity contribution >= 4 is 29.0 Å². The van der Waals surface area contributed by atoms with Gasteiger partial charge < -0.3 is 5.32 Å². The second kappa shape index (κ2) is 10.7. The summed E-state index contributed by atoms with van der Waals surface area (Å²) in [6, 6.07) is 12.1. The number of hydrogen-bond donors (Lipinski definition) is 1. The van der Waals surface area contributed by atoms with Gasteiger partial charge in [0.25, 0.3) is 5.91 Å². The van der Waals surface area contributed by atoms with Crippen molar-refractivity contribution in [1.82, 2.24) is 30.0 Å². The number of aryl methyl sites for hydroxylation is 1. The first-order valence-electron chi connectivity index (χ1n) is 10.8. The molecule has 3 heterocycles. The number of aromatic nitrogens is 5. The van der Waals surface area contributed by atoms with E-state index in [1.807, 2.05) is 22.1 Å². The van der Waals surface area contributed by atoms with Gasteiger partial charge >= 0.3 is 0 Å². The molecule has 0 saturated heterocycles. The largest absolute Gasteiger partial charge is 0.351 e. The second-order valence-electron chi connectivity index (χ2n) is 8.07. The molecule has 3 aromatic heterocycles. The topological polar surface area (TPSA) is 85.6 Å². The SMILES string of the molecule is Cc1ccc(-n2c(SCc3nc(C(=O)NCCC(C)C)cs3)nnc2-c2ccncc2)cc1. The number of benzene rings is 1. The van der Waals surface area contributed by atoms with Gasteiger partial charge in [-0.2, -0.15) is 0 Å². The number of amides is 1. The van der Waals surface area contributed by atoms with Gasteiger partial charge in [-0.1, -0.05) is 43.3 Å². The summed E-state index contributed by atoms with van der Waals surface area (Å²) in [7, 11) is 0. The van der Waals surface area contributed by atoms with Crippen LogP contribution >= 0.6 is 23.1 Å². The Morgan fingerprint density at radius 2 is 1.88 bits per heavy atom. The quantitative estimate of drug-likeness (QED) is 0.334. The number of thioether (sulfide) groups is 1. The summed E-state index contributed by atoms with van der Waals surface area (Å²) in [6.45, 7) is 7.00. The van der Waals surface area contributed by atoms with Crippen LogP contribution in [-0.2, 0) is 5.75 Å². The van der Waals surface area contributed by atoms with Crippen LogP contribution in [0.15, 0.2) is 59.3 Å². The Labute approximate surface area is 201 Å². The van der Waals surface area contributed by atoms with E-state index in [1.54, 1.807) is 24.2 Å². The molecule has 7 nitrogen and oxygen atoms in total. The number of thiazole rings is 1. The van der Waals surface area contributed by atoms with E-state index < -0.39 is 0 Å². The van der Waals surface area contributed by atoms with Gasteiger partial charge in [-0.25, -0.2) is 4.98 Å². The lowest BCUT2D eigenvalue weighted by Gasteiger charge is -2.10. The highest BCUT2D eigenvalue weighted by molar-refractivity contribution is 7.98. The molecular weight excluding hydrogens is 452 g/mol. The van der Waals surface area contributed by atoms with E-state index in [4.69, 9.17) is 0 Å². The van der Waals surface area contributed by atoms with Crippen LogP contribution in [0.4, 0.5) is 0 Å². The summed E-state index contributed by atoms with van der Waals surface area (Å²) in [5.41, 5.74) is 3.59. The molecule has 1 N–H and O–H groups in total. The number of nitrogens with one attached hydrogen (secondary N) is 1. The first kappa shape index (κ1) is 23.1. The molecule has 0 saturated carbocycles. The van der Waals surface area contributed by atoms with Crippen LogP contribution in [0.1, 0.15) is 41.3 Å². The maximum absolute atomic E-state index is 12.3. The van der Waals surface area contributed by atoms with Crippen molar-refractivity contribution in [2.24, 2.45) is 5.92 Å². The number of carbonyl (C=O) groups excluding carboxylic acids is 1. The van der Waals surface area contributed by atoms with Crippen LogP contribution in [-0.4, -0.2) is 37.2 Å². The minimum Gasteiger partial charge on any atom is -0.351 e. The third-order valence-electron chi connectivity index (χ3n) is 4.98. The maximum atomic E-state index is 12.3. The van der Waals surface area contributed by atoms with Crippen LogP contribution in [0.2, 0.25) is 0 Å². The summed E-state index contributed by atoms with van der Waals surface area (Å²) in [5, 5.41) is 15.3. The zero-order valence-electron chi connectivity index (χ0n) is 18.9. The summed E-state index contributed by atoms with van der Waals surface area (Å²) in [5.74, 6) is 1.79. The summed E-state index contributed by atoms with van der Waals surface area (Å²) in [6.07, 6.45) is 4.45. The lowest BCUT2D eigenvalue weighted by atomic mass is 10.1. The molecule has 4 aromatic rings. The minimum absolute atomic E-state index is 0.119. The summed E-state index contributed by atoms with van der Waals surface area (Å²) in [4.78, 5) is 21.0. The average Bonchev–Trinajstić information content (AvgIpc) is 3.46. The van der Waals surface area contributed by atoms with E-state index in [-0.39, 0.29) is 5.91 Å². The van der Waals surface area contributed by atoms with Crippen molar-refractivity contribution in [3.8, 4) is 17.1 Å². The van der Waals surface area contributed by atoms with Gasteiger partial charge in [-0.3, -0.25) is 14.3 Å². The Morgan fingerprint density at radius 1 is 1.12 bits per heavy atom. The van der Waals surface area contributed by atoms with Crippen molar-refractivity contribution in [3.63, 3.8) is 0 Å². The van der Waals surface area contributed by atoms with Gasteiger partial charge in [-0.05, 0) is 43.5 Å². The highest BCUT2D eigenvalue weighted by atomic mass is 32.2. The van der Waals surface area contributed by atoms with E-state index in [1.165, 1.54) is 16.9 Å². The van der Waals surface area contributed by atoms with Gasteiger partial charge in [0, 0.05) is 35.6 Å². The molecule has 0 unspecified atom stereocenters. The van der Waals surface area contributed by atoms with E-state index >= 15 is 0 Å². The third kappa shape index (κ3) is 5.85. The molecule has 0 aliphatic heterocycles. The molecule has 1 amide bonds. The van der Waals surface area contributed by atoms with Crippen LogP contribution in [0, 0.1) is 12.8 Å². The third-order valence-corrected chi connectivity index (χ3v) is 6.95. The van der Waals surface area contributed by atoms with Gasteiger partial charge in [0.1, 0.15) is 10.7 Å². The normalized spacial score (nSPS) is 11.2. The first-order valence-corrected chi connectivity index (χ1v) is 12.7. The summed E-state index contributed by atoms with van der Waals surface area (Å²) < 4.78 is 2.05. The van der Waals surface area contributed by atoms with Gasteiger partial charge in [0.2, 0.25) is 0 Å². The zero-order chi connectivity index (χ0) is 23.2. The highest BCUT2D eigenvalue weighted by Gasteiger charge is 2.17. The predicted octanol–water partition coefficient (Wildman–Crippen LogP) is 5.16. The predicted molar refractivity (Wildman–Crippen MR) is 133 cm³/mol. The van der Waals surface area contributed by atoms with Crippen molar-refractivity contribution in [2.75, 3.05) is 6.54 Å². The van der Waals surface area contributed by atoms with E-state index in [2.05, 4.69) is 70.5 Å². The molecule has 0 fully saturated rings. The van der Waals surface area contributed by atoms with Crippen molar-refractivity contribution < 1.29 is 4.79 Å². The molecule has 9 heteroatoms. The van der Waals surface area contributed by atoms with E-state index in [0.29, 0.717) is 23.9 Å². The molecule has 1 aromatic carbocycles. The zero-order valence-corrected chi connectivity index (χ0v) is 20.5. The van der Waals surface area contributed by atoms with Crippen molar-refractivity contribution in [1.29, 1.82) is 0 Å². The van der Waals surface area contributed by atoms with Crippen molar-refractivity contribution in [2.45, 2.75) is 38.1 Å². The number of carbonyl (C=O) groups is 1. The molecule has 0 atom stereocenters. The van der Waals surface area contributed by atoms with E-state index in [9.17, 15) is 4.79 Å². The molecule has 0 bridgehead atoms. The summed E-state index contributed by atoms with van der Waals surface area (Å²) >= 11 is 3.04. The minimum atomic E-state index is -0.119. The molecule has 0 aliphatic carbocycles. The number of hydrogen-bond acceptors (Lipinski definition) is 7. The van der Waals surface area contributed by atoms with Gasteiger partial charge in [0.15, 0.2) is 11.0 Å². The molecule has 170 valence electrons. The van der Waals surface area contributed by atoms with Crippen LogP contribution in [0.3, 0.4) is 0 Å². The Balaban J connectivity index is 1.52. The van der Waals surface area contributed by atoms with Gasteiger partial charge in [-0.15, -0.1) is 21.5 Å². The Morgan fingerprint density at radius 3 is 2.61 bits per heavy atom. The number of rotatable bonds is 9. The van der Waals surface area contributed by atoms with Crippen LogP contribution in [0.5, 0.6) is 0 Å². The van der Waals surface area contributed by atoms with Crippen molar-refractivity contribution in [3.05, 3.63) is 70.4 Å². The highest BCUT2D eigenvalue weighted by Crippen LogP contribution is 2.30. The fourth-order valence-electron chi connectivity index (χ4n) is 3.15. The number of pyridine rings is 1. The molecule has 0 spiro atoms. The smallest absolute Gasteiger partial charge is 0.270 e. The molecule has 4 rings (SSSR count). The first-order chi connectivity index (χ1) is 16.0. The molecule has 0 aliphatic rings. The molecular formula is C24H26N6OS2. The molecule has 0 radical (unpaired) electrons. The fourth-order valence-corrected chi connectivity index (χ4v) is 4.89. The molecule has 33 heavy (non-hydrogen) atoms. The Hall–Kier alpha value is -3.04. The average molecular weight is 479 g/mol. The van der Waals surface area contributed by atoms with Gasteiger partial charge in [0.05, 0.1) is 5.75 Å². The second-order valence-corrected chi connectivity index (χ2v) is 9.95. The Bertz CT molecular complexity index is 1200. The maximum Gasteiger partial charge on any atom is 0.270 e. The Kier molecular flexibility index (Phi) is 7.51. The van der Waals surface area contributed by atoms with Crippen LogP contribution in [0.25, 0.3) is 17.1 Å². The fraction of sp³-hybridized carbons (Fsp3) is 0.292. The monoisotopic (exact) mass is 478 g/mol.